The number of fused-ring (bicyclic) bond motifs is 10. The van der Waals surface area contributed by atoms with Crippen molar-refractivity contribution in [3.05, 3.63) is 200 Å². The minimum atomic E-state index is -1.58. The fraction of sp³-hybridized carbons (Fsp3) is 0.176. The highest BCUT2D eigenvalue weighted by Gasteiger charge is 2.28. The van der Waals surface area contributed by atoms with Crippen molar-refractivity contribution in [1.82, 2.24) is 4.57 Å². The third-order valence-corrected chi connectivity index (χ3v) is 24.1. The van der Waals surface area contributed by atoms with E-state index < -0.39 is 32.3 Å². The van der Waals surface area contributed by atoms with Gasteiger partial charge in [-0.05, 0) is 95.7 Å². The highest BCUT2D eigenvalue weighted by Crippen LogP contribution is 2.50. The molecule has 0 bridgehead atoms. The van der Waals surface area contributed by atoms with Gasteiger partial charge in [0, 0.05) is 60.8 Å². The first-order valence-electron chi connectivity index (χ1n) is 27.1. The lowest BCUT2D eigenvalue weighted by atomic mass is 9.96. The molecule has 0 saturated carbocycles. The average molecular weight is 1060 g/mol. The Labute approximate surface area is 452 Å². The van der Waals surface area contributed by atoms with E-state index in [9.17, 15) is 0 Å². The Morgan fingerprint density at radius 3 is 0.974 bits per heavy atom. The highest BCUT2D eigenvalue weighted by molar-refractivity contribution is 6.90. The van der Waals surface area contributed by atoms with Gasteiger partial charge in [0.25, 0.3) is 0 Å². The van der Waals surface area contributed by atoms with Gasteiger partial charge in [0.1, 0.15) is 11.2 Å². The molecule has 0 atom stereocenters. The molecule has 0 aliphatic rings. The number of benzene rings is 10. The van der Waals surface area contributed by atoms with Crippen LogP contribution in [0.5, 0.6) is 0 Å². The topological polar surface area (TPSA) is 24.6 Å². The molecule has 12 rings (SSSR count). The molecule has 12 aromatic rings. The molecule has 2 aromatic heterocycles. The number of hydrogen-bond donors (Lipinski definition) is 0. The Hall–Kier alpha value is -7.21. The number of hydrogen-bond acceptors (Lipinski definition) is 3. The van der Waals surface area contributed by atoms with Crippen LogP contribution in [0.1, 0.15) is 0 Å². The maximum atomic E-state index is 6.52. The molecular weight excluding hydrogens is 987 g/mol. The largest absolute Gasteiger partial charge is 0.456 e. The van der Waals surface area contributed by atoms with E-state index in [0.29, 0.717) is 0 Å². The molecular formula is C68H69N3OSi4. The Balaban J connectivity index is 1.22. The predicted molar refractivity (Wildman–Crippen MR) is 344 cm³/mol. The summed E-state index contributed by atoms with van der Waals surface area (Å²) in [6, 6.07) is 76.3. The Morgan fingerprint density at radius 1 is 0.303 bits per heavy atom. The Bertz CT molecular complexity index is 3850. The van der Waals surface area contributed by atoms with E-state index >= 15 is 0 Å². The second kappa shape index (κ2) is 18.2. The van der Waals surface area contributed by atoms with Crippen molar-refractivity contribution in [3.63, 3.8) is 0 Å². The Morgan fingerprint density at radius 2 is 0.618 bits per heavy atom. The van der Waals surface area contributed by atoms with E-state index in [1.54, 1.807) is 0 Å². The molecule has 0 fully saturated rings. The molecule has 0 amide bonds. The monoisotopic (exact) mass is 1060 g/mol. The second-order valence-electron chi connectivity index (χ2n) is 25.1. The van der Waals surface area contributed by atoms with Crippen molar-refractivity contribution < 1.29 is 4.42 Å². The van der Waals surface area contributed by atoms with Crippen LogP contribution in [0, 0.1) is 0 Å². The van der Waals surface area contributed by atoms with Crippen LogP contribution in [-0.2, 0) is 0 Å². The van der Waals surface area contributed by atoms with Crippen LogP contribution in [0.2, 0.25) is 78.6 Å². The fourth-order valence-corrected chi connectivity index (χ4v) is 16.2. The van der Waals surface area contributed by atoms with E-state index in [1.165, 1.54) is 53.1 Å². The summed E-state index contributed by atoms with van der Waals surface area (Å²) in [6.07, 6.45) is 0. The van der Waals surface area contributed by atoms with Gasteiger partial charge in [0.05, 0.1) is 54.7 Å². The maximum Gasteiger partial charge on any atom is 0.135 e. The number of anilines is 6. The number of para-hydroxylation sites is 1. The fourth-order valence-electron chi connectivity index (χ4n) is 11.5. The molecule has 10 aromatic carbocycles. The third-order valence-electron chi connectivity index (χ3n) is 15.8. The van der Waals surface area contributed by atoms with E-state index in [2.05, 4.69) is 293 Å². The smallest absolute Gasteiger partial charge is 0.135 e. The van der Waals surface area contributed by atoms with E-state index in [4.69, 9.17) is 4.42 Å². The number of aromatic nitrogens is 1. The molecule has 76 heavy (non-hydrogen) atoms. The predicted octanol–water partition coefficient (Wildman–Crippen LogP) is 18.1. The molecule has 4 nitrogen and oxygen atoms in total. The van der Waals surface area contributed by atoms with Gasteiger partial charge >= 0.3 is 0 Å². The SMILES string of the molecule is C[Si](C)(C)c1ccc(N(c2ccc([Si](C)(C)C)cc2)c2cc3c(c4ccccc24)c2c4ccccc4c(N(c4ccc([Si](C)(C)C)cc4)c4ccc([Si](C)(C)C)cc4)cc2n3-c2ccc3oc4ccccc4c3c2)cc1. The maximum absolute atomic E-state index is 6.52. The molecule has 0 unspecified atom stereocenters. The first kappa shape index (κ1) is 49.7. The molecule has 2 heterocycles. The van der Waals surface area contributed by atoms with Crippen LogP contribution in [0.3, 0.4) is 0 Å². The van der Waals surface area contributed by atoms with Crippen molar-refractivity contribution >= 4 is 152 Å². The van der Waals surface area contributed by atoms with Crippen LogP contribution in [0.25, 0.3) is 71.0 Å². The van der Waals surface area contributed by atoms with Crippen LogP contribution in [0.4, 0.5) is 34.1 Å². The summed E-state index contributed by atoms with van der Waals surface area (Å²) in [5.74, 6) is 0. The van der Waals surface area contributed by atoms with Crippen molar-refractivity contribution in [1.29, 1.82) is 0 Å². The van der Waals surface area contributed by atoms with Gasteiger partial charge in [-0.3, -0.25) is 0 Å². The van der Waals surface area contributed by atoms with Crippen molar-refractivity contribution in [2.45, 2.75) is 78.6 Å². The first-order valence-corrected chi connectivity index (χ1v) is 41.1. The molecule has 0 saturated heterocycles. The van der Waals surface area contributed by atoms with Gasteiger partial charge in [-0.1, -0.05) is 215 Å². The zero-order valence-electron chi connectivity index (χ0n) is 46.3. The van der Waals surface area contributed by atoms with Gasteiger partial charge < -0.3 is 18.8 Å². The van der Waals surface area contributed by atoms with E-state index in [1.807, 2.05) is 0 Å². The first-order chi connectivity index (χ1) is 36.2. The Kier molecular flexibility index (Phi) is 11.9. The van der Waals surface area contributed by atoms with E-state index in [0.717, 1.165) is 72.8 Å². The van der Waals surface area contributed by atoms with Gasteiger partial charge in [-0.25, -0.2) is 0 Å². The molecule has 8 heteroatoms. The summed E-state index contributed by atoms with van der Waals surface area (Å²) >= 11 is 0. The van der Waals surface area contributed by atoms with Crippen LogP contribution < -0.4 is 30.5 Å². The molecule has 0 spiro atoms. The standard InChI is InChI=1S/C68H69N3OSi4/c1-73(2,3)51-34-25-46(26-35-51)69(47-27-36-52(37-28-47)74(4,5)6)61-44-63-67(58-22-15-13-19-55(58)61)68-59-23-16-14-20-56(59)62(45-64(68)71(63)50-33-42-66-60(43-50)57-21-17-18-24-65(57)72-66)70(48-29-38-53(39-30-48)75(7,8)9)49-31-40-54(41-32-49)76(10,11)12/h13-45H,1-12H3. The molecule has 0 radical (unpaired) electrons. The van der Waals surface area contributed by atoms with Crippen LogP contribution in [0.15, 0.2) is 205 Å². The lowest BCUT2D eigenvalue weighted by molar-refractivity contribution is 0.669. The summed E-state index contributed by atoms with van der Waals surface area (Å²) in [6.45, 7) is 29.2. The zero-order valence-corrected chi connectivity index (χ0v) is 50.3. The number of nitrogens with zero attached hydrogens (tertiary/aromatic N) is 3. The van der Waals surface area contributed by atoms with Gasteiger partial charge in [0.15, 0.2) is 0 Å². The molecule has 378 valence electrons. The van der Waals surface area contributed by atoms with Gasteiger partial charge in [0.2, 0.25) is 0 Å². The normalized spacial score (nSPS) is 12.7. The third kappa shape index (κ3) is 8.65. The summed E-state index contributed by atoms with van der Waals surface area (Å²) in [5.41, 5.74) is 12.0. The van der Waals surface area contributed by atoms with Crippen LogP contribution >= 0.6 is 0 Å². The summed E-state index contributed by atoms with van der Waals surface area (Å²) < 4.78 is 9.07. The quantitative estimate of drug-likeness (QED) is 0.121. The molecule has 0 aliphatic heterocycles. The zero-order chi connectivity index (χ0) is 53.1. The minimum Gasteiger partial charge on any atom is -0.456 e. The minimum absolute atomic E-state index is 0.882. The highest BCUT2D eigenvalue weighted by atomic mass is 28.3. The number of rotatable bonds is 11. The second-order valence-corrected chi connectivity index (χ2v) is 45.5. The van der Waals surface area contributed by atoms with Crippen molar-refractivity contribution in [2.24, 2.45) is 0 Å². The summed E-state index contributed by atoms with van der Waals surface area (Å²) in [7, 11) is -6.31. The van der Waals surface area contributed by atoms with Gasteiger partial charge in [-0.2, -0.15) is 0 Å². The van der Waals surface area contributed by atoms with Crippen molar-refractivity contribution in [3.8, 4) is 5.69 Å². The lowest BCUT2D eigenvalue weighted by Crippen LogP contribution is -2.37. The van der Waals surface area contributed by atoms with Gasteiger partial charge in [-0.15, -0.1) is 0 Å². The summed E-state index contributed by atoms with van der Waals surface area (Å²) in [5, 5.41) is 15.3. The van der Waals surface area contributed by atoms with E-state index in [-0.39, 0.29) is 0 Å². The lowest BCUT2D eigenvalue weighted by Gasteiger charge is -2.29. The van der Waals surface area contributed by atoms with Crippen LogP contribution in [-0.4, -0.2) is 36.9 Å². The van der Waals surface area contributed by atoms with Crippen molar-refractivity contribution in [2.75, 3.05) is 9.80 Å². The number of furan rings is 1. The molecule has 0 N–H and O–H groups in total. The summed E-state index contributed by atoms with van der Waals surface area (Å²) in [4.78, 5) is 5.02. The average Bonchev–Trinajstić information content (AvgIpc) is 3.95. The molecule has 0 aliphatic carbocycles.